The molecule has 1 aromatic rings. The third kappa shape index (κ3) is 4.03. The maximum Gasteiger partial charge on any atom is 0.222 e. The standard InChI is InChI=1S/C13H20N2O/c1-3-10(2)15-13(16)9-12(14)11-7-5-4-6-8-11/h4-8,10,12H,3,9,14H2,1-2H3,(H,15,16)/t10-,12-/m1/s1. The maximum absolute atomic E-state index is 11.6. The van der Waals surface area contributed by atoms with Gasteiger partial charge in [0.05, 0.1) is 0 Å². The molecule has 0 bridgehead atoms. The highest BCUT2D eigenvalue weighted by Gasteiger charge is 2.12. The molecule has 0 heterocycles. The molecule has 0 radical (unpaired) electrons. The average Bonchev–Trinajstić information content (AvgIpc) is 2.29. The molecule has 0 unspecified atom stereocenters. The van der Waals surface area contributed by atoms with E-state index in [2.05, 4.69) is 5.32 Å². The van der Waals surface area contributed by atoms with Crippen LogP contribution in [0.5, 0.6) is 0 Å². The molecule has 3 N–H and O–H groups in total. The van der Waals surface area contributed by atoms with E-state index in [1.165, 1.54) is 0 Å². The first kappa shape index (κ1) is 12.7. The topological polar surface area (TPSA) is 55.1 Å². The molecule has 0 spiro atoms. The Balaban J connectivity index is 2.46. The van der Waals surface area contributed by atoms with E-state index in [1.807, 2.05) is 44.2 Å². The molecule has 16 heavy (non-hydrogen) atoms. The molecule has 0 aliphatic carbocycles. The normalized spacial score (nSPS) is 14.2. The summed E-state index contributed by atoms with van der Waals surface area (Å²) >= 11 is 0. The van der Waals surface area contributed by atoms with Gasteiger partial charge < -0.3 is 11.1 Å². The van der Waals surface area contributed by atoms with Gasteiger partial charge in [-0.15, -0.1) is 0 Å². The van der Waals surface area contributed by atoms with Crippen molar-refractivity contribution in [2.24, 2.45) is 5.73 Å². The molecule has 2 atom stereocenters. The summed E-state index contributed by atoms with van der Waals surface area (Å²) in [6.07, 6.45) is 1.28. The van der Waals surface area contributed by atoms with E-state index >= 15 is 0 Å². The van der Waals surface area contributed by atoms with Crippen LogP contribution in [0.1, 0.15) is 38.3 Å². The van der Waals surface area contributed by atoms with Crippen molar-refractivity contribution in [1.29, 1.82) is 0 Å². The number of rotatable bonds is 5. The molecule has 0 fully saturated rings. The van der Waals surface area contributed by atoms with E-state index in [0.29, 0.717) is 6.42 Å². The minimum atomic E-state index is -0.217. The molecule has 3 nitrogen and oxygen atoms in total. The van der Waals surface area contributed by atoms with Gasteiger partial charge in [0.1, 0.15) is 0 Å². The molecular formula is C13H20N2O. The van der Waals surface area contributed by atoms with Gasteiger partial charge in [-0.25, -0.2) is 0 Å². The lowest BCUT2D eigenvalue weighted by Crippen LogP contribution is -2.34. The van der Waals surface area contributed by atoms with Crippen LogP contribution in [-0.2, 0) is 4.79 Å². The van der Waals surface area contributed by atoms with E-state index < -0.39 is 0 Å². The second-order valence-corrected chi connectivity index (χ2v) is 4.10. The zero-order chi connectivity index (χ0) is 12.0. The monoisotopic (exact) mass is 220 g/mol. The van der Waals surface area contributed by atoms with Crippen molar-refractivity contribution in [1.82, 2.24) is 5.32 Å². The Morgan fingerprint density at radius 3 is 2.56 bits per heavy atom. The number of carbonyl (C=O) groups is 1. The van der Waals surface area contributed by atoms with Crippen LogP contribution in [0.15, 0.2) is 30.3 Å². The Bertz CT molecular complexity index is 324. The lowest BCUT2D eigenvalue weighted by molar-refractivity contribution is -0.122. The fraction of sp³-hybridized carbons (Fsp3) is 0.462. The van der Waals surface area contributed by atoms with Crippen LogP contribution in [0.25, 0.3) is 0 Å². The second-order valence-electron chi connectivity index (χ2n) is 4.10. The first-order valence-electron chi connectivity index (χ1n) is 5.73. The van der Waals surface area contributed by atoms with Crippen LogP contribution in [0.3, 0.4) is 0 Å². The van der Waals surface area contributed by atoms with Crippen LogP contribution in [0.2, 0.25) is 0 Å². The Morgan fingerprint density at radius 2 is 2.00 bits per heavy atom. The zero-order valence-electron chi connectivity index (χ0n) is 9.94. The molecule has 0 aliphatic rings. The van der Waals surface area contributed by atoms with E-state index in [1.54, 1.807) is 0 Å². The van der Waals surface area contributed by atoms with Crippen molar-refractivity contribution in [2.45, 2.75) is 38.8 Å². The molecule has 0 saturated heterocycles. The van der Waals surface area contributed by atoms with Crippen molar-refractivity contribution in [3.05, 3.63) is 35.9 Å². The maximum atomic E-state index is 11.6. The van der Waals surface area contributed by atoms with E-state index in [0.717, 1.165) is 12.0 Å². The first-order chi connectivity index (χ1) is 7.63. The second kappa shape index (κ2) is 6.28. The first-order valence-corrected chi connectivity index (χ1v) is 5.73. The van der Waals surface area contributed by atoms with Crippen molar-refractivity contribution in [2.75, 3.05) is 0 Å². The van der Waals surface area contributed by atoms with Gasteiger partial charge in [0, 0.05) is 18.5 Å². The van der Waals surface area contributed by atoms with E-state index in [9.17, 15) is 4.79 Å². The summed E-state index contributed by atoms with van der Waals surface area (Å²) < 4.78 is 0. The fourth-order valence-corrected chi connectivity index (χ4v) is 1.45. The van der Waals surface area contributed by atoms with Gasteiger partial charge in [0.25, 0.3) is 0 Å². The summed E-state index contributed by atoms with van der Waals surface area (Å²) in [4.78, 5) is 11.6. The Kier molecular flexibility index (Phi) is 4.99. The Hall–Kier alpha value is -1.35. The molecule has 0 aromatic heterocycles. The summed E-state index contributed by atoms with van der Waals surface area (Å²) in [7, 11) is 0. The highest BCUT2D eigenvalue weighted by Crippen LogP contribution is 2.12. The van der Waals surface area contributed by atoms with Crippen LogP contribution in [-0.4, -0.2) is 11.9 Å². The lowest BCUT2D eigenvalue weighted by Gasteiger charge is -2.15. The van der Waals surface area contributed by atoms with Crippen LogP contribution < -0.4 is 11.1 Å². The molecule has 1 amide bonds. The number of nitrogens with two attached hydrogens (primary N) is 1. The zero-order valence-corrected chi connectivity index (χ0v) is 9.94. The SMILES string of the molecule is CC[C@@H](C)NC(=O)C[C@@H](N)c1ccccc1. The van der Waals surface area contributed by atoms with Gasteiger partial charge in [-0.05, 0) is 18.9 Å². The quantitative estimate of drug-likeness (QED) is 0.797. The van der Waals surface area contributed by atoms with Crippen molar-refractivity contribution >= 4 is 5.91 Å². The Labute approximate surface area is 97.0 Å². The van der Waals surface area contributed by atoms with Gasteiger partial charge in [0.2, 0.25) is 5.91 Å². The summed E-state index contributed by atoms with van der Waals surface area (Å²) in [5.74, 6) is 0.0192. The lowest BCUT2D eigenvalue weighted by atomic mass is 10.0. The third-order valence-corrected chi connectivity index (χ3v) is 2.65. The van der Waals surface area contributed by atoms with Crippen LogP contribution in [0.4, 0.5) is 0 Å². The summed E-state index contributed by atoms with van der Waals surface area (Å²) in [6.45, 7) is 4.04. The highest BCUT2D eigenvalue weighted by molar-refractivity contribution is 5.77. The fourth-order valence-electron chi connectivity index (χ4n) is 1.45. The molecule has 3 heteroatoms. The number of nitrogens with one attached hydrogen (secondary N) is 1. The minimum Gasteiger partial charge on any atom is -0.354 e. The number of benzene rings is 1. The predicted molar refractivity (Wildman–Crippen MR) is 65.9 cm³/mol. The van der Waals surface area contributed by atoms with Crippen molar-refractivity contribution in [3.63, 3.8) is 0 Å². The van der Waals surface area contributed by atoms with Gasteiger partial charge in [-0.2, -0.15) is 0 Å². The summed E-state index contributed by atoms with van der Waals surface area (Å²) in [5.41, 5.74) is 6.95. The third-order valence-electron chi connectivity index (χ3n) is 2.65. The number of hydrogen-bond donors (Lipinski definition) is 2. The minimum absolute atomic E-state index is 0.0192. The van der Waals surface area contributed by atoms with Gasteiger partial charge in [-0.3, -0.25) is 4.79 Å². The molecule has 88 valence electrons. The van der Waals surface area contributed by atoms with Crippen molar-refractivity contribution < 1.29 is 4.79 Å². The smallest absolute Gasteiger partial charge is 0.222 e. The molecular weight excluding hydrogens is 200 g/mol. The average molecular weight is 220 g/mol. The Morgan fingerprint density at radius 1 is 1.38 bits per heavy atom. The molecule has 1 rings (SSSR count). The van der Waals surface area contributed by atoms with E-state index in [4.69, 9.17) is 5.73 Å². The van der Waals surface area contributed by atoms with Crippen molar-refractivity contribution in [3.8, 4) is 0 Å². The van der Waals surface area contributed by atoms with Gasteiger partial charge in [0.15, 0.2) is 0 Å². The van der Waals surface area contributed by atoms with E-state index in [-0.39, 0.29) is 18.0 Å². The summed E-state index contributed by atoms with van der Waals surface area (Å²) in [5, 5.41) is 2.91. The number of carbonyl (C=O) groups excluding carboxylic acids is 1. The number of hydrogen-bond acceptors (Lipinski definition) is 2. The summed E-state index contributed by atoms with van der Waals surface area (Å²) in [6, 6.07) is 9.70. The largest absolute Gasteiger partial charge is 0.354 e. The molecule has 1 aromatic carbocycles. The van der Waals surface area contributed by atoms with Gasteiger partial charge in [-0.1, -0.05) is 37.3 Å². The van der Waals surface area contributed by atoms with Crippen LogP contribution in [0, 0.1) is 0 Å². The highest BCUT2D eigenvalue weighted by atomic mass is 16.1. The molecule has 0 aliphatic heterocycles. The molecule has 0 saturated carbocycles. The van der Waals surface area contributed by atoms with Gasteiger partial charge >= 0.3 is 0 Å². The van der Waals surface area contributed by atoms with Crippen LogP contribution >= 0.6 is 0 Å². The predicted octanol–water partition coefficient (Wildman–Crippen LogP) is 1.99. The number of amides is 1.